The first-order valence-corrected chi connectivity index (χ1v) is 6.37. The van der Waals surface area contributed by atoms with Crippen LogP contribution < -0.4 is 0 Å². The fourth-order valence-corrected chi connectivity index (χ4v) is 2.00. The number of hydrogen-bond acceptors (Lipinski definition) is 2. The van der Waals surface area contributed by atoms with Crippen LogP contribution in [0.5, 0.6) is 0 Å². The van der Waals surface area contributed by atoms with Crippen LogP contribution in [0.1, 0.15) is 39.5 Å². The molecule has 0 aliphatic heterocycles. The lowest BCUT2D eigenvalue weighted by Crippen LogP contribution is -2.26. The lowest BCUT2D eigenvalue weighted by atomic mass is 10.2. The molecule has 1 rings (SSSR count). The highest BCUT2D eigenvalue weighted by molar-refractivity contribution is 4.94. The molecule has 17 heavy (non-hydrogen) atoms. The number of halogens is 2. The minimum absolute atomic E-state index is 0.0647. The van der Waals surface area contributed by atoms with Crippen molar-refractivity contribution in [1.29, 1.82) is 0 Å². The summed E-state index contributed by atoms with van der Waals surface area (Å²) in [5, 5.41) is 0. The second kappa shape index (κ2) is 7.07. The molecule has 2 nitrogen and oxygen atoms in total. The van der Waals surface area contributed by atoms with E-state index in [-0.39, 0.29) is 25.2 Å². The fourth-order valence-electron chi connectivity index (χ4n) is 2.00. The number of alkyl halides is 2. The number of hydrogen-bond donors (Lipinski definition) is 0. The van der Waals surface area contributed by atoms with E-state index in [0.717, 1.165) is 25.3 Å². The molecule has 0 aromatic rings. The van der Waals surface area contributed by atoms with E-state index < -0.39 is 5.92 Å². The van der Waals surface area contributed by atoms with E-state index in [0.29, 0.717) is 6.61 Å². The molecule has 0 heterocycles. The van der Waals surface area contributed by atoms with Crippen LogP contribution in [0.3, 0.4) is 0 Å². The summed E-state index contributed by atoms with van der Waals surface area (Å²) in [4.78, 5) is 0. The zero-order valence-corrected chi connectivity index (χ0v) is 10.6. The fraction of sp³-hybridized carbons (Fsp3) is 0.846. The van der Waals surface area contributed by atoms with Crippen molar-refractivity contribution in [1.82, 2.24) is 0 Å². The van der Waals surface area contributed by atoms with Gasteiger partial charge in [-0.1, -0.05) is 13.0 Å². The monoisotopic (exact) mass is 248 g/mol. The van der Waals surface area contributed by atoms with Gasteiger partial charge in [-0.05, 0) is 32.3 Å². The molecule has 0 bridgehead atoms. The maximum absolute atomic E-state index is 12.9. The number of allylic oxidation sites excluding steroid dienone is 1. The van der Waals surface area contributed by atoms with E-state index in [4.69, 9.17) is 9.47 Å². The van der Waals surface area contributed by atoms with Gasteiger partial charge in [0.2, 0.25) is 0 Å². The molecule has 0 N–H and O–H groups in total. The predicted octanol–water partition coefficient (Wildman–Crippen LogP) is 3.56. The molecule has 100 valence electrons. The van der Waals surface area contributed by atoms with Crippen LogP contribution in [-0.4, -0.2) is 31.3 Å². The molecule has 4 heteroatoms. The molecule has 1 saturated carbocycles. The Labute approximate surface area is 102 Å². The SMILES string of the molecule is CCOC1CCCC1OC/C=C/C(F)(F)CC. The van der Waals surface area contributed by atoms with Gasteiger partial charge in [0.15, 0.2) is 0 Å². The molecule has 0 aromatic carbocycles. The Hall–Kier alpha value is -0.480. The predicted molar refractivity (Wildman–Crippen MR) is 63.4 cm³/mol. The summed E-state index contributed by atoms with van der Waals surface area (Å²) < 4.78 is 36.9. The van der Waals surface area contributed by atoms with Crippen molar-refractivity contribution in [3.8, 4) is 0 Å². The van der Waals surface area contributed by atoms with Crippen LogP contribution in [0, 0.1) is 0 Å². The Morgan fingerprint density at radius 2 is 1.82 bits per heavy atom. The summed E-state index contributed by atoms with van der Waals surface area (Å²) in [5.74, 6) is -2.71. The lowest BCUT2D eigenvalue weighted by molar-refractivity contribution is -0.0449. The first-order chi connectivity index (χ1) is 8.09. The molecule has 2 atom stereocenters. The van der Waals surface area contributed by atoms with Gasteiger partial charge in [-0.2, -0.15) is 0 Å². The molecular weight excluding hydrogens is 226 g/mol. The highest BCUT2D eigenvalue weighted by atomic mass is 19.3. The topological polar surface area (TPSA) is 18.5 Å². The molecule has 0 aromatic heterocycles. The van der Waals surface area contributed by atoms with E-state index in [9.17, 15) is 8.78 Å². The van der Waals surface area contributed by atoms with Crippen molar-refractivity contribution in [3.63, 3.8) is 0 Å². The van der Waals surface area contributed by atoms with Gasteiger partial charge in [-0.15, -0.1) is 0 Å². The zero-order valence-electron chi connectivity index (χ0n) is 10.6. The maximum Gasteiger partial charge on any atom is 0.266 e. The third kappa shape index (κ3) is 5.13. The summed E-state index contributed by atoms with van der Waals surface area (Å²) in [5.41, 5.74) is 0. The molecule has 1 fully saturated rings. The van der Waals surface area contributed by atoms with Crippen molar-refractivity contribution in [2.75, 3.05) is 13.2 Å². The maximum atomic E-state index is 12.9. The summed E-state index contributed by atoms with van der Waals surface area (Å²) in [7, 11) is 0. The Morgan fingerprint density at radius 1 is 1.18 bits per heavy atom. The van der Waals surface area contributed by atoms with Gasteiger partial charge in [0.25, 0.3) is 5.92 Å². The van der Waals surface area contributed by atoms with Gasteiger partial charge in [-0.3, -0.25) is 0 Å². The third-order valence-corrected chi connectivity index (χ3v) is 3.01. The van der Waals surface area contributed by atoms with E-state index in [1.807, 2.05) is 6.92 Å². The summed E-state index contributed by atoms with van der Waals surface area (Å²) in [6, 6.07) is 0. The molecular formula is C13H22F2O2. The molecule has 0 radical (unpaired) electrons. The lowest BCUT2D eigenvalue weighted by Gasteiger charge is -2.19. The summed E-state index contributed by atoms with van der Waals surface area (Å²) in [6.07, 6.45) is 5.42. The van der Waals surface area contributed by atoms with Gasteiger partial charge in [-0.25, -0.2) is 8.78 Å². The van der Waals surface area contributed by atoms with Gasteiger partial charge in [0.1, 0.15) is 0 Å². The molecule has 0 amide bonds. The van der Waals surface area contributed by atoms with E-state index >= 15 is 0 Å². The molecule has 0 spiro atoms. The highest BCUT2D eigenvalue weighted by Crippen LogP contribution is 2.25. The van der Waals surface area contributed by atoms with Crippen LogP contribution >= 0.6 is 0 Å². The van der Waals surface area contributed by atoms with Crippen molar-refractivity contribution < 1.29 is 18.3 Å². The first kappa shape index (κ1) is 14.6. The van der Waals surface area contributed by atoms with Crippen molar-refractivity contribution >= 4 is 0 Å². The van der Waals surface area contributed by atoms with E-state index in [1.165, 1.54) is 13.0 Å². The van der Waals surface area contributed by atoms with Crippen molar-refractivity contribution in [2.24, 2.45) is 0 Å². The van der Waals surface area contributed by atoms with Crippen LogP contribution in [0.15, 0.2) is 12.2 Å². The van der Waals surface area contributed by atoms with Gasteiger partial charge in [0, 0.05) is 13.0 Å². The van der Waals surface area contributed by atoms with Crippen LogP contribution in [0.25, 0.3) is 0 Å². The molecule has 2 unspecified atom stereocenters. The van der Waals surface area contributed by atoms with Crippen LogP contribution in [-0.2, 0) is 9.47 Å². The van der Waals surface area contributed by atoms with Gasteiger partial charge in [0.05, 0.1) is 18.8 Å². The quantitative estimate of drug-likeness (QED) is 0.641. The highest BCUT2D eigenvalue weighted by Gasteiger charge is 2.28. The third-order valence-electron chi connectivity index (χ3n) is 3.01. The number of ether oxygens (including phenoxy) is 2. The van der Waals surface area contributed by atoms with Crippen molar-refractivity contribution in [2.45, 2.75) is 57.7 Å². The summed E-state index contributed by atoms with van der Waals surface area (Å²) in [6.45, 7) is 4.34. The first-order valence-electron chi connectivity index (χ1n) is 6.37. The summed E-state index contributed by atoms with van der Waals surface area (Å²) >= 11 is 0. The normalized spacial score (nSPS) is 25.9. The molecule has 1 aliphatic rings. The molecule has 1 aliphatic carbocycles. The minimum Gasteiger partial charge on any atom is -0.376 e. The van der Waals surface area contributed by atoms with Crippen LogP contribution in [0.2, 0.25) is 0 Å². The van der Waals surface area contributed by atoms with Gasteiger partial charge >= 0.3 is 0 Å². The minimum atomic E-state index is -2.71. The second-order valence-corrected chi connectivity index (χ2v) is 4.31. The average Bonchev–Trinajstić information content (AvgIpc) is 2.73. The average molecular weight is 248 g/mol. The standard InChI is InChI=1S/C13H22F2O2/c1-3-13(14,15)9-6-10-17-12-8-5-7-11(12)16-4-2/h6,9,11-12H,3-5,7-8,10H2,1-2H3/b9-6+. The number of rotatable bonds is 7. The smallest absolute Gasteiger partial charge is 0.266 e. The Morgan fingerprint density at radius 3 is 2.41 bits per heavy atom. The van der Waals surface area contributed by atoms with E-state index in [2.05, 4.69) is 0 Å². The zero-order chi connectivity index (χ0) is 12.7. The molecule has 0 saturated heterocycles. The Balaban J connectivity index is 2.26. The van der Waals surface area contributed by atoms with Crippen molar-refractivity contribution in [3.05, 3.63) is 12.2 Å². The Kier molecular flexibility index (Phi) is 6.06. The van der Waals surface area contributed by atoms with Crippen LogP contribution in [0.4, 0.5) is 8.78 Å². The van der Waals surface area contributed by atoms with E-state index in [1.54, 1.807) is 0 Å². The van der Waals surface area contributed by atoms with Gasteiger partial charge < -0.3 is 9.47 Å². The largest absolute Gasteiger partial charge is 0.376 e. The second-order valence-electron chi connectivity index (χ2n) is 4.31. The Bertz CT molecular complexity index is 242.